The third-order valence-electron chi connectivity index (χ3n) is 3.70. The number of hydrogen-bond acceptors (Lipinski definition) is 6. The summed E-state index contributed by atoms with van der Waals surface area (Å²) in [5.74, 6) is -1.45. The molecular weight excluding hydrogens is 341 g/mol. The molecule has 0 radical (unpaired) electrons. The smallest absolute Gasteiger partial charge is 0.378 e. The van der Waals surface area contributed by atoms with Crippen LogP contribution in [-0.4, -0.2) is 50.0 Å². The second-order valence-electron chi connectivity index (χ2n) is 5.69. The molecule has 0 aliphatic heterocycles. The van der Waals surface area contributed by atoms with Gasteiger partial charge in [0.05, 0.1) is 0 Å². The highest BCUT2D eigenvalue weighted by Crippen LogP contribution is 2.07. The first-order valence-corrected chi connectivity index (χ1v) is 7.78. The Morgan fingerprint density at radius 2 is 1.96 bits per heavy atom. The Kier molecular flexibility index (Phi) is 4.87. The fraction of sp³-hybridized carbons (Fsp3) is 0.235. The van der Waals surface area contributed by atoms with E-state index < -0.39 is 18.5 Å². The van der Waals surface area contributed by atoms with Crippen LogP contribution >= 0.6 is 0 Å². The van der Waals surface area contributed by atoms with E-state index in [2.05, 4.69) is 15.1 Å². The minimum atomic E-state index is -0.807. The predicted molar refractivity (Wildman–Crippen MR) is 88.7 cm³/mol. The lowest BCUT2D eigenvalue weighted by Crippen LogP contribution is -2.31. The average molecular weight is 357 g/mol. The molecule has 0 atom stereocenters. The molecule has 134 valence electrons. The molecule has 0 fully saturated rings. The maximum Gasteiger partial charge on any atom is 0.378 e. The molecule has 0 N–H and O–H groups in total. The van der Waals surface area contributed by atoms with Crippen molar-refractivity contribution in [2.45, 2.75) is 13.5 Å². The minimum absolute atomic E-state index is 0.166. The highest BCUT2D eigenvalue weighted by atomic mass is 19.1. The summed E-state index contributed by atoms with van der Waals surface area (Å²) < 4.78 is 19.3. The summed E-state index contributed by atoms with van der Waals surface area (Å²) in [6.45, 7) is 1.62. The van der Waals surface area contributed by atoms with E-state index in [9.17, 15) is 14.0 Å². The Balaban J connectivity index is 1.58. The van der Waals surface area contributed by atoms with Crippen LogP contribution in [0.2, 0.25) is 0 Å². The Hall–Kier alpha value is -3.36. The number of amides is 1. The Morgan fingerprint density at radius 3 is 2.65 bits per heavy atom. The molecule has 0 bridgehead atoms. The second-order valence-corrected chi connectivity index (χ2v) is 5.69. The van der Waals surface area contributed by atoms with Crippen LogP contribution in [0.1, 0.15) is 21.9 Å². The van der Waals surface area contributed by atoms with E-state index >= 15 is 0 Å². The number of rotatable bonds is 5. The SMILES string of the molecule is Cc1ccnc2nc(C(=O)OCC(=O)N(C)Cc3ccc(F)cc3)nn12. The molecule has 1 amide bonds. The normalized spacial score (nSPS) is 10.7. The van der Waals surface area contributed by atoms with Crippen LogP contribution in [0.4, 0.5) is 4.39 Å². The molecule has 0 aliphatic rings. The molecule has 0 aliphatic carbocycles. The van der Waals surface area contributed by atoms with Gasteiger partial charge in [0, 0.05) is 25.5 Å². The molecule has 2 aromatic heterocycles. The molecule has 9 heteroatoms. The fourth-order valence-corrected chi connectivity index (χ4v) is 2.25. The van der Waals surface area contributed by atoms with E-state index in [1.807, 2.05) is 0 Å². The summed E-state index contributed by atoms with van der Waals surface area (Å²) in [6.07, 6.45) is 1.56. The van der Waals surface area contributed by atoms with Crippen LogP contribution in [0.15, 0.2) is 36.5 Å². The number of likely N-dealkylation sites (N-methyl/N-ethyl adjacent to an activating group) is 1. The molecule has 2 heterocycles. The second kappa shape index (κ2) is 7.26. The van der Waals surface area contributed by atoms with Crippen LogP contribution in [0.25, 0.3) is 5.78 Å². The van der Waals surface area contributed by atoms with Gasteiger partial charge in [-0.1, -0.05) is 12.1 Å². The topological polar surface area (TPSA) is 89.7 Å². The van der Waals surface area contributed by atoms with Gasteiger partial charge in [-0.2, -0.15) is 4.98 Å². The number of carbonyl (C=O) groups is 2. The number of esters is 1. The van der Waals surface area contributed by atoms with Gasteiger partial charge in [0.1, 0.15) is 5.82 Å². The molecule has 0 spiro atoms. The minimum Gasteiger partial charge on any atom is -0.450 e. The van der Waals surface area contributed by atoms with Crippen molar-refractivity contribution in [1.82, 2.24) is 24.5 Å². The van der Waals surface area contributed by atoms with Gasteiger partial charge < -0.3 is 9.64 Å². The standard InChI is InChI=1S/C17H16FN5O3/c1-11-7-8-19-17-20-15(21-23(11)17)16(25)26-10-14(24)22(2)9-12-3-5-13(18)6-4-12/h3-8H,9-10H2,1-2H3. The Morgan fingerprint density at radius 1 is 1.23 bits per heavy atom. The average Bonchev–Trinajstić information content (AvgIpc) is 3.07. The first kappa shape index (κ1) is 17.5. The van der Waals surface area contributed by atoms with Gasteiger partial charge in [-0.25, -0.2) is 18.7 Å². The molecule has 3 aromatic rings. The molecule has 3 rings (SSSR count). The number of benzene rings is 1. The zero-order chi connectivity index (χ0) is 18.7. The highest BCUT2D eigenvalue weighted by molar-refractivity contribution is 5.88. The largest absolute Gasteiger partial charge is 0.450 e. The fourth-order valence-electron chi connectivity index (χ4n) is 2.25. The summed E-state index contributed by atoms with van der Waals surface area (Å²) in [4.78, 5) is 33.5. The van der Waals surface area contributed by atoms with Gasteiger partial charge in [-0.3, -0.25) is 4.79 Å². The van der Waals surface area contributed by atoms with Gasteiger partial charge in [0.2, 0.25) is 0 Å². The van der Waals surface area contributed by atoms with Crippen LogP contribution in [-0.2, 0) is 16.1 Å². The van der Waals surface area contributed by atoms with Crippen LogP contribution in [0, 0.1) is 12.7 Å². The summed E-state index contributed by atoms with van der Waals surface area (Å²) in [7, 11) is 1.57. The van der Waals surface area contributed by atoms with E-state index in [0.717, 1.165) is 11.3 Å². The van der Waals surface area contributed by atoms with Gasteiger partial charge in [-0.15, -0.1) is 5.10 Å². The number of carbonyl (C=O) groups excluding carboxylic acids is 2. The lowest BCUT2D eigenvalue weighted by atomic mass is 10.2. The predicted octanol–water partition coefficient (Wildman–Crippen LogP) is 1.39. The first-order chi connectivity index (χ1) is 12.4. The molecule has 0 unspecified atom stereocenters. The first-order valence-electron chi connectivity index (χ1n) is 7.78. The van der Waals surface area contributed by atoms with Gasteiger partial charge in [0.15, 0.2) is 6.61 Å². The summed E-state index contributed by atoms with van der Waals surface area (Å²) in [5, 5.41) is 4.02. The van der Waals surface area contributed by atoms with Crippen molar-refractivity contribution in [3.05, 3.63) is 59.4 Å². The lowest BCUT2D eigenvalue weighted by Gasteiger charge is -2.16. The van der Waals surface area contributed by atoms with Crippen LogP contribution < -0.4 is 0 Å². The molecule has 0 saturated carbocycles. The lowest BCUT2D eigenvalue weighted by molar-refractivity contribution is -0.133. The Labute approximate surface area is 148 Å². The number of ether oxygens (including phenoxy) is 1. The van der Waals surface area contributed by atoms with E-state index in [1.54, 1.807) is 38.4 Å². The number of nitrogens with zero attached hydrogens (tertiary/aromatic N) is 5. The quantitative estimate of drug-likeness (QED) is 0.641. The van der Waals surface area contributed by atoms with Crippen molar-refractivity contribution in [3.63, 3.8) is 0 Å². The number of aryl methyl sites for hydroxylation is 1. The number of halogens is 1. The van der Waals surface area contributed by atoms with Crippen molar-refractivity contribution in [1.29, 1.82) is 0 Å². The molecular formula is C17H16FN5O3. The summed E-state index contributed by atoms with van der Waals surface area (Å²) in [6, 6.07) is 7.53. The summed E-state index contributed by atoms with van der Waals surface area (Å²) in [5.41, 5.74) is 1.52. The molecule has 8 nitrogen and oxygen atoms in total. The van der Waals surface area contributed by atoms with Crippen LogP contribution in [0.3, 0.4) is 0 Å². The molecule has 0 saturated heterocycles. The van der Waals surface area contributed by atoms with E-state index in [1.165, 1.54) is 21.5 Å². The monoisotopic (exact) mass is 357 g/mol. The summed E-state index contributed by atoms with van der Waals surface area (Å²) >= 11 is 0. The van der Waals surface area contributed by atoms with Crippen molar-refractivity contribution in [2.75, 3.05) is 13.7 Å². The van der Waals surface area contributed by atoms with Gasteiger partial charge in [0.25, 0.3) is 17.5 Å². The van der Waals surface area contributed by atoms with Gasteiger partial charge in [-0.05, 0) is 30.7 Å². The van der Waals surface area contributed by atoms with Crippen molar-refractivity contribution >= 4 is 17.7 Å². The number of aromatic nitrogens is 4. The van der Waals surface area contributed by atoms with Crippen molar-refractivity contribution < 1.29 is 18.7 Å². The maximum atomic E-state index is 12.9. The van der Waals surface area contributed by atoms with Gasteiger partial charge >= 0.3 is 5.97 Å². The third-order valence-corrected chi connectivity index (χ3v) is 3.70. The van der Waals surface area contributed by atoms with E-state index in [4.69, 9.17) is 4.74 Å². The number of fused-ring (bicyclic) bond motifs is 1. The maximum absolute atomic E-state index is 12.9. The molecule has 26 heavy (non-hydrogen) atoms. The zero-order valence-electron chi connectivity index (χ0n) is 14.2. The number of hydrogen-bond donors (Lipinski definition) is 0. The van der Waals surface area contributed by atoms with Crippen molar-refractivity contribution in [3.8, 4) is 0 Å². The van der Waals surface area contributed by atoms with E-state index in [0.29, 0.717) is 0 Å². The highest BCUT2D eigenvalue weighted by Gasteiger charge is 2.18. The Bertz CT molecular complexity index is 955. The van der Waals surface area contributed by atoms with E-state index in [-0.39, 0.29) is 24.0 Å². The third kappa shape index (κ3) is 3.82. The molecule has 1 aromatic carbocycles. The zero-order valence-corrected chi connectivity index (χ0v) is 14.2. The van der Waals surface area contributed by atoms with Crippen LogP contribution in [0.5, 0.6) is 0 Å². The van der Waals surface area contributed by atoms with Crippen molar-refractivity contribution in [2.24, 2.45) is 0 Å².